The zero-order chi connectivity index (χ0) is 15.7. The van der Waals surface area contributed by atoms with Gasteiger partial charge in [-0.1, -0.05) is 0 Å². The Bertz CT molecular complexity index is 785. The minimum absolute atomic E-state index is 0.234. The maximum absolute atomic E-state index is 13.9. The first kappa shape index (κ1) is 14.9. The number of hydrogen-bond acceptors (Lipinski definition) is 5. The molecule has 1 aromatic heterocycles. The van der Waals surface area contributed by atoms with Gasteiger partial charge in [0.1, 0.15) is 0 Å². The molecule has 0 bridgehead atoms. The van der Waals surface area contributed by atoms with Crippen LogP contribution in [0, 0.1) is 5.82 Å². The Kier molecular flexibility index (Phi) is 3.82. The fourth-order valence-electron chi connectivity index (χ4n) is 2.50. The molecule has 1 fully saturated rings. The number of anilines is 1. The standard InChI is InChI=1S/C15H16FN3O2S/c1-22(20,21)12-6-4-11(5-7-12)14-17-10-13(16)15(18-14)19-8-2-3-9-19/h4-7,10H,2-3,8-9H2,1H3. The van der Waals surface area contributed by atoms with E-state index in [2.05, 4.69) is 9.97 Å². The van der Waals surface area contributed by atoms with E-state index in [0.29, 0.717) is 17.2 Å². The van der Waals surface area contributed by atoms with Crippen LogP contribution in [0.3, 0.4) is 0 Å². The molecule has 1 aliphatic rings. The van der Waals surface area contributed by atoms with Gasteiger partial charge in [0.15, 0.2) is 27.3 Å². The third-order valence-electron chi connectivity index (χ3n) is 3.67. The molecule has 1 saturated heterocycles. The van der Waals surface area contributed by atoms with Crippen molar-refractivity contribution in [3.05, 3.63) is 36.3 Å². The van der Waals surface area contributed by atoms with E-state index in [1.807, 2.05) is 4.90 Å². The quantitative estimate of drug-likeness (QED) is 0.868. The van der Waals surface area contributed by atoms with Crippen molar-refractivity contribution in [1.82, 2.24) is 9.97 Å². The second-order valence-electron chi connectivity index (χ2n) is 5.36. The van der Waals surface area contributed by atoms with E-state index >= 15 is 0 Å². The third kappa shape index (κ3) is 2.94. The Morgan fingerprint density at radius 2 is 1.77 bits per heavy atom. The van der Waals surface area contributed by atoms with Crippen LogP contribution in [-0.2, 0) is 9.84 Å². The molecule has 3 rings (SSSR count). The van der Waals surface area contributed by atoms with Crippen molar-refractivity contribution in [2.45, 2.75) is 17.7 Å². The van der Waals surface area contributed by atoms with E-state index in [4.69, 9.17) is 0 Å². The molecule has 116 valence electrons. The maximum Gasteiger partial charge on any atom is 0.183 e. The predicted octanol–water partition coefficient (Wildman–Crippen LogP) is 2.29. The minimum Gasteiger partial charge on any atom is -0.354 e. The molecule has 1 aromatic carbocycles. The fraction of sp³-hybridized carbons (Fsp3) is 0.333. The maximum atomic E-state index is 13.9. The molecule has 7 heteroatoms. The molecule has 0 atom stereocenters. The van der Waals surface area contributed by atoms with Crippen LogP contribution >= 0.6 is 0 Å². The zero-order valence-corrected chi connectivity index (χ0v) is 13.0. The van der Waals surface area contributed by atoms with E-state index in [1.54, 1.807) is 12.1 Å². The molecule has 0 radical (unpaired) electrons. The normalized spacial score (nSPS) is 15.3. The highest BCUT2D eigenvalue weighted by atomic mass is 32.2. The number of rotatable bonds is 3. The first-order valence-electron chi connectivity index (χ1n) is 7.03. The molecule has 1 aliphatic heterocycles. The van der Waals surface area contributed by atoms with E-state index < -0.39 is 15.7 Å². The number of nitrogens with zero attached hydrogens (tertiary/aromatic N) is 3. The zero-order valence-electron chi connectivity index (χ0n) is 12.2. The van der Waals surface area contributed by atoms with Crippen molar-refractivity contribution < 1.29 is 12.8 Å². The number of hydrogen-bond donors (Lipinski definition) is 0. The summed E-state index contributed by atoms with van der Waals surface area (Å²) < 4.78 is 36.8. The molecule has 0 N–H and O–H groups in total. The van der Waals surface area contributed by atoms with Gasteiger partial charge in [-0.2, -0.15) is 0 Å². The van der Waals surface area contributed by atoms with Crippen molar-refractivity contribution in [1.29, 1.82) is 0 Å². The van der Waals surface area contributed by atoms with Gasteiger partial charge in [0.05, 0.1) is 11.1 Å². The summed E-state index contributed by atoms with van der Waals surface area (Å²) in [6.45, 7) is 1.58. The molecule has 5 nitrogen and oxygen atoms in total. The van der Waals surface area contributed by atoms with Crippen LogP contribution in [0.5, 0.6) is 0 Å². The Labute approximate surface area is 128 Å². The second-order valence-corrected chi connectivity index (χ2v) is 7.37. The Morgan fingerprint density at radius 1 is 1.14 bits per heavy atom. The highest BCUT2D eigenvalue weighted by Gasteiger charge is 2.19. The van der Waals surface area contributed by atoms with Crippen LogP contribution in [0.25, 0.3) is 11.4 Å². The summed E-state index contributed by atoms with van der Waals surface area (Å²) in [5, 5.41) is 0. The van der Waals surface area contributed by atoms with Crippen molar-refractivity contribution in [2.24, 2.45) is 0 Å². The lowest BCUT2D eigenvalue weighted by atomic mass is 10.2. The third-order valence-corrected chi connectivity index (χ3v) is 4.80. The van der Waals surface area contributed by atoms with Crippen LogP contribution < -0.4 is 4.90 Å². The van der Waals surface area contributed by atoms with Crippen molar-refractivity contribution in [3.63, 3.8) is 0 Å². The first-order valence-corrected chi connectivity index (χ1v) is 8.92. The minimum atomic E-state index is -3.24. The van der Waals surface area contributed by atoms with E-state index in [1.165, 1.54) is 18.3 Å². The van der Waals surface area contributed by atoms with Crippen LogP contribution in [-0.4, -0.2) is 37.7 Å². The predicted molar refractivity (Wildman–Crippen MR) is 82.0 cm³/mol. The highest BCUT2D eigenvalue weighted by molar-refractivity contribution is 7.90. The average Bonchev–Trinajstić information content (AvgIpc) is 3.01. The van der Waals surface area contributed by atoms with Gasteiger partial charge in [0.25, 0.3) is 0 Å². The summed E-state index contributed by atoms with van der Waals surface area (Å²) in [5.74, 6) is 0.274. The summed E-state index contributed by atoms with van der Waals surface area (Å²) in [7, 11) is -3.24. The average molecular weight is 321 g/mol. The molecule has 0 amide bonds. The smallest absolute Gasteiger partial charge is 0.183 e. The van der Waals surface area contributed by atoms with Crippen molar-refractivity contribution >= 4 is 15.7 Å². The van der Waals surface area contributed by atoms with Crippen LogP contribution in [0.15, 0.2) is 35.4 Å². The van der Waals surface area contributed by atoms with Crippen molar-refractivity contribution in [3.8, 4) is 11.4 Å². The summed E-state index contributed by atoms with van der Waals surface area (Å²) in [4.78, 5) is 10.5. The van der Waals surface area contributed by atoms with Crippen LogP contribution in [0.2, 0.25) is 0 Å². The van der Waals surface area contributed by atoms with Gasteiger partial charge < -0.3 is 4.90 Å². The summed E-state index contributed by atoms with van der Waals surface area (Å²) in [6, 6.07) is 6.29. The largest absolute Gasteiger partial charge is 0.354 e. The Hall–Kier alpha value is -2.02. The van der Waals surface area contributed by atoms with E-state index in [0.717, 1.165) is 32.2 Å². The first-order chi connectivity index (χ1) is 10.4. The molecule has 2 aromatic rings. The summed E-state index contributed by atoms with van der Waals surface area (Å²) in [6.07, 6.45) is 4.38. The topological polar surface area (TPSA) is 63.2 Å². The number of sulfone groups is 1. The molecule has 0 saturated carbocycles. The molecule has 0 unspecified atom stereocenters. The molecule has 0 aliphatic carbocycles. The van der Waals surface area contributed by atoms with Gasteiger partial charge >= 0.3 is 0 Å². The van der Waals surface area contributed by atoms with Gasteiger partial charge in [0.2, 0.25) is 0 Å². The van der Waals surface area contributed by atoms with Gasteiger partial charge in [0, 0.05) is 24.9 Å². The molecule has 2 heterocycles. The lowest BCUT2D eigenvalue weighted by Gasteiger charge is -2.17. The number of benzene rings is 1. The highest BCUT2D eigenvalue weighted by Crippen LogP contribution is 2.24. The SMILES string of the molecule is CS(=O)(=O)c1ccc(-c2ncc(F)c(N3CCCC3)n2)cc1. The summed E-state index contributed by atoms with van der Waals surface area (Å²) in [5.41, 5.74) is 0.660. The van der Waals surface area contributed by atoms with Crippen molar-refractivity contribution in [2.75, 3.05) is 24.2 Å². The van der Waals surface area contributed by atoms with Crippen LogP contribution in [0.4, 0.5) is 10.2 Å². The molecule has 22 heavy (non-hydrogen) atoms. The number of halogens is 1. The monoisotopic (exact) mass is 321 g/mol. The fourth-order valence-corrected chi connectivity index (χ4v) is 3.13. The Balaban J connectivity index is 1.96. The lowest BCUT2D eigenvalue weighted by molar-refractivity contribution is 0.602. The number of aromatic nitrogens is 2. The summed E-state index contributed by atoms with van der Waals surface area (Å²) >= 11 is 0. The molecular formula is C15H16FN3O2S. The van der Waals surface area contributed by atoms with Gasteiger partial charge in [-0.3, -0.25) is 0 Å². The molecular weight excluding hydrogens is 305 g/mol. The van der Waals surface area contributed by atoms with Gasteiger partial charge in [-0.25, -0.2) is 22.8 Å². The van der Waals surface area contributed by atoms with Gasteiger partial charge in [-0.15, -0.1) is 0 Å². The Morgan fingerprint density at radius 3 is 2.36 bits per heavy atom. The van der Waals surface area contributed by atoms with E-state index in [-0.39, 0.29) is 4.90 Å². The van der Waals surface area contributed by atoms with Crippen LogP contribution in [0.1, 0.15) is 12.8 Å². The van der Waals surface area contributed by atoms with E-state index in [9.17, 15) is 12.8 Å². The second kappa shape index (κ2) is 5.64. The molecule has 0 spiro atoms. The lowest BCUT2D eigenvalue weighted by Crippen LogP contribution is -2.21. The van der Waals surface area contributed by atoms with Gasteiger partial charge in [-0.05, 0) is 37.1 Å².